The third kappa shape index (κ3) is 3.42. The van der Waals surface area contributed by atoms with Crippen LogP contribution >= 0.6 is 22.6 Å². The molecule has 17 heavy (non-hydrogen) atoms. The molecule has 0 radical (unpaired) electrons. The van der Waals surface area contributed by atoms with E-state index in [4.69, 9.17) is 4.74 Å². The minimum atomic E-state index is 0.0497. The molecular formula is C12H13IN2O2. The van der Waals surface area contributed by atoms with Crippen molar-refractivity contribution in [2.45, 2.75) is 13.3 Å². The van der Waals surface area contributed by atoms with Crippen molar-refractivity contribution in [3.63, 3.8) is 0 Å². The Kier molecular flexibility index (Phi) is 3.98. The first kappa shape index (κ1) is 12.3. The number of carbonyl (C=O) groups is 1. The predicted molar refractivity (Wildman–Crippen MR) is 74.1 cm³/mol. The molecule has 2 rings (SSSR count). The minimum absolute atomic E-state index is 0.0497. The van der Waals surface area contributed by atoms with E-state index in [-0.39, 0.29) is 5.91 Å². The van der Waals surface area contributed by atoms with E-state index in [0.717, 1.165) is 11.5 Å². The SMILES string of the molecule is CC1=NN(CCOc2ccc(I)cc2)C(=O)C1. The molecule has 4 nitrogen and oxygen atoms in total. The van der Waals surface area contributed by atoms with Crippen LogP contribution in [0.15, 0.2) is 29.4 Å². The van der Waals surface area contributed by atoms with Crippen molar-refractivity contribution in [2.24, 2.45) is 5.10 Å². The van der Waals surface area contributed by atoms with Crippen molar-refractivity contribution in [1.29, 1.82) is 0 Å². The number of amides is 1. The summed E-state index contributed by atoms with van der Waals surface area (Å²) in [6, 6.07) is 7.81. The molecule has 0 saturated carbocycles. The number of halogens is 1. The molecule has 0 aliphatic carbocycles. The Morgan fingerprint density at radius 2 is 2.12 bits per heavy atom. The Morgan fingerprint density at radius 1 is 1.41 bits per heavy atom. The lowest BCUT2D eigenvalue weighted by molar-refractivity contribution is -0.128. The van der Waals surface area contributed by atoms with E-state index in [1.54, 1.807) is 0 Å². The summed E-state index contributed by atoms with van der Waals surface area (Å²) in [6.07, 6.45) is 0.434. The molecule has 0 fully saturated rings. The van der Waals surface area contributed by atoms with Gasteiger partial charge in [0.05, 0.1) is 13.0 Å². The highest BCUT2D eigenvalue weighted by Crippen LogP contribution is 2.14. The van der Waals surface area contributed by atoms with Gasteiger partial charge in [-0.25, -0.2) is 5.01 Å². The summed E-state index contributed by atoms with van der Waals surface area (Å²) >= 11 is 2.24. The lowest BCUT2D eigenvalue weighted by Crippen LogP contribution is -2.26. The van der Waals surface area contributed by atoms with E-state index in [1.807, 2.05) is 31.2 Å². The molecule has 1 heterocycles. The van der Waals surface area contributed by atoms with E-state index in [9.17, 15) is 4.79 Å². The largest absolute Gasteiger partial charge is 0.492 e. The fraction of sp³-hybridized carbons (Fsp3) is 0.333. The molecule has 5 heteroatoms. The summed E-state index contributed by atoms with van der Waals surface area (Å²) in [5.41, 5.74) is 0.865. The molecule has 1 aromatic carbocycles. The van der Waals surface area contributed by atoms with Gasteiger partial charge in [-0.05, 0) is 53.8 Å². The molecule has 0 N–H and O–H groups in total. The van der Waals surface area contributed by atoms with Gasteiger partial charge in [-0.1, -0.05) is 0 Å². The summed E-state index contributed by atoms with van der Waals surface area (Å²) in [6.45, 7) is 2.82. The van der Waals surface area contributed by atoms with Gasteiger partial charge in [-0.15, -0.1) is 0 Å². The molecule has 1 aliphatic rings. The van der Waals surface area contributed by atoms with Crippen molar-refractivity contribution >= 4 is 34.2 Å². The average Bonchev–Trinajstić information content (AvgIpc) is 2.60. The molecule has 0 saturated heterocycles. The normalized spacial score (nSPS) is 15.1. The van der Waals surface area contributed by atoms with Crippen molar-refractivity contribution in [2.75, 3.05) is 13.2 Å². The quantitative estimate of drug-likeness (QED) is 0.787. The first-order chi connectivity index (χ1) is 8.15. The second-order valence-electron chi connectivity index (χ2n) is 3.83. The zero-order valence-corrected chi connectivity index (χ0v) is 11.7. The Labute approximate surface area is 114 Å². The summed E-state index contributed by atoms with van der Waals surface area (Å²) in [5, 5.41) is 5.61. The number of hydrogen-bond donors (Lipinski definition) is 0. The van der Waals surface area contributed by atoms with E-state index in [1.165, 1.54) is 8.58 Å². The van der Waals surface area contributed by atoms with Gasteiger partial charge >= 0.3 is 0 Å². The molecule has 0 unspecified atom stereocenters. The maximum absolute atomic E-state index is 11.4. The fourth-order valence-electron chi connectivity index (χ4n) is 1.56. The Morgan fingerprint density at radius 3 is 2.71 bits per heavy atom. The van der Waals surface area contributed by atoms with Crippen LogP contribution in [0.3, 0.4) is 0 Å². The number of ether oxygens (including phenoxy) is 1. The highest BCUT2D eigenvalue weighted by atomic mass is 127. The topological polar surface area (TPSA) is 41.9 Å². The maximum atomic E-state index is 11.4. The Balaban J connectivity index is 1.80. The molecule has 0 atom stereocenters. The number of nitrogens with zero attached hydrogens (tertiary/aromatic N) is 2. The minimum Gasteiger partial charge on any atom is -0.492 e. The van der Waals surface area contributed by atoms with E-state index >= 15 is 0 Å². The van der Waals surface area contributed by atoms with Gasteiger partial charge in [0.25, 0.3) is 0 Å². The summed E-state index contributed by atoms with van der Waals surface area (Å²) in [7, 11) is 0. The molecule has 1 amide bonds. The number of hydrazone groups is 1. The van der Waals surface area contributed by atoms with E-state index in [0.29, 0.717) is 19.6 Å². The van der Waals surface area contributed by atoms with Crippen molar-refractivity contribution in [3.8, 4) is 5.75 Å². The van der Waals surface area contributed by atoms with Crippen molar-refractivity contribution in [1.82, 2.24) is 5.01 Å². The molecule has 0 bridgehead atoms. The number of hydrogen-bond acceptors (Lipinski definition) is 3. The standard InChI is InChI=1S/C12H13IN2O2/c1-9-8-12(16)15(14-9)6-7-17-11-4-2-10(13)3-5-11/h2-5H,6-8H2,1H3. The fourth-order valence-corrected chi connectivity index (χ4v) is 1.92. The smallest absolute Gasteiger partial charge is 0.248 e. The van der Waals surface area contributed by atoms with Crippen LogP contribution in [0.1, 0.15) is 13.3 Å². The van der Waals surface area contributed by atoms with Gasteiger partial charge in [0.1, 0.15) is 12.4 Å². The second-order valence-corrected chi connectivity index (χ2v) is 5.08. The molecular weight excluding hydrogens is 331 g/mol. The van der Waals surface area contributed by atoms with E-state index < -0.39 is 0 Å². The highest BCUT2D eigenvalue weighted by Gasteiger charge is 2.20. The highest BCUT2D eigenvalue weighted by molar-refractivity contribution is 14.1. The Hall–Kier alpha value is -1.11. The van der Waals surface area contributed by atoms with Crippen LogP contribution in [0.4, 0.5) is 0 Å². The van der Waals surface area contributed by atoms with Gasteiger partial charge in [0, 0.05) is 9.28 Å². The number of benzene rings is 1. The van der Waals surface area contributed by atoms with Crippen LogP contribution in [0.5, 0.6) is 5.75 Å². The molecule has 1 aromatic rings. The molecule has 0 spiro atoms. The van der Waals surface area contributed by atoms with Crippen molar-refractivity contribution < 1.29 is 9.53 Å². The lowest BCUT2D eigenvalue weighted by atomic mass is 10.3. The Bertz CT molecular complexity index is 442. The molecule has 1 aliphatic heterocycles. The summed E-state index contributed by atoms with van der Waals surface area (Å²) in [5.74, 6) is 0.867. The van der Waals surface area contributed by atoms with Crippen LogP contribution < -0.4 is 4.74 Å². The number of rotatable bonds is 4. The molecule has 0 aromatic heterocycles. The second kappa shape index (κ2) is 5.48. The van der Waals surface area contributed by atoms with Gasteiger partial charge in [-0.3, -0.25) is 4.79 Å². The van der Waals surface area contributed by atoms with Gasteiger partial charge in [0.2, 0.25) is 5.91 Å². The summed E-state index contributed by atoms with van der Waals surface area (Å²) in [4.78, 5) is 11.4. The predicted octanol–water partition coefficient (Wildman–Crippen LogP) is 2.28. The zero-order chi connectivity index (χ0) is 12.3. The summed E-state index contributed by atoms with van der Waals surface area (Å²) < 4.78 is 6.71. The first-order valence-corrected chi connectivity index (χ1v) is 6.46. The van der Waals surface area contributed by atoms with Crippen molar-refractivity contribution in [3.05, 3.63) is 27.8 Å². The van der Waals surface area contributed by atoms with Crippen LogP contribution in [-0.4, -0.2) is 29.8 Å². The monoisotopic (exact) mass is 344 g/mol. The van der Waals surface area contributed by atoms with Gasteiger partial charge < -0.3 is 4.74 Å². The van der Waals surface area contributed by atoms with Gasteiger partial charge in [-0.2, -0.15) is 5.10 Å². The lowest BCUT2D eigenvalue weighted by Gasteiger charge is -2.12. The third-order valence-electron chi connectivity index (χ3n) is 2.37. The third-order valence-corrected chi connectivity index (χ3v) is 3.09. The van der Waals surface area contributed by atoms with Crippen LogP contribution in [0, 0.1) is 3.57 Å². The van der Waals surface area contributed by atoms with E-state index in [2.05, 4.69) is 27.7 Å². The van der Waals surface area contributed by atoms with Crippen LogP contribution in [-0.2, 0) is 4.79 Å². The number of carbonyl (C=O) groups excluding carboxylic acids is 1. The van der Waals surface area contributed by atoms with Gasteiger partial charge in [0.15, 0.2) is 0 Å². The van der Waals surface area contributed by atoms with Crippen LogP contribution in [0.2, 0.25) is 0 Å². The maximum Gasteiger partial charge on any atom is 0.248 e. The average molecular weight is 344 g/mol. The van der Waals surface area contributed by atoms with Crippen LogP contribution in [0.25, 0.3) is 0 Å². The first-order valence-electron chi connectivity index (χ1n) is 5.38. The molecule has 90 valence electrons. The zero-order valence-electron chi connectivity index (χ0n) is 9.52.